The minimum atomic E-state index is -0.963. The van der Waals surface area contributed by atoms with Crippen molar-refractivity contribution in [2.45, 2.75) is 12.5 Å². The molecule has 0 aliphatic rings. The molecule has 0 radical (unpaired) electrons. The number of aliphatic hydroxyl groups excluding tert-OH is 1. The van der Waals surface area contributed by atoms with E-state index >= 15 is 0 Å². The van der Waals surface area contributed by atoms with Crippen LogP contribution in [0.1, 0.15) is 6.42 Å². The maximum absolute atomic E-state index is 10.2. The van der Waals surface area contributed by atoms with Crippen molar-refractivity contribution in [2.75, 3.05) is 18.1 Å². The third kappa shape index (κ3) is 6.15. The van der Waals surface area contributed by atoms with Crippen LogP contribution < -0.4 is 5.73 Å². The normalized spacial score (nSPS) is 12.9. The number of thioether (sulfide) groups is 1. The second kappa shape index (κ2) is 6.45. The van der Waals surface area contributed by atoms with Crippen LogP contribution in [-0.4, -0.2) is 40.3 Å². The van der Waals surface area contributed by atoms with Crippen molar-refractivity contribution in [3.8, 4) is 0 Å². The topological polar surface area (TPSA) is 83.5 Å². The Morgan fingerprint density at radius 1 is 1.55 bits per heavy atom. The molecule has 11 heavy (non-hydrogen) atoms. The molecule has 5 heteroatoms. The first-order valence-electron chi connectivity index (χ1n) is 3.35. The second-order valence-electron chi connectivity index (χ2n) is 2.07. The predicted molar refractivity (Wildman–Crippen MR) is 44.6 cm³/mol. The summed E-state index contributed by atoms with van der Waals surface area (Å²) in [4.78, 5) is 10.2. The Morgan fingerprint density at radius 2 is 2.18 bits per heavy atom. The van der Waals surface area contributed by atoms with E-state index in [0.717, 1.165) is 0 Å². The average molecular weight is 179 g/mol. The molecular formula is C6H13NO3S. The van der Waals surface area contributed by atoms with Crippen LogP contribution in [0.2, 0.25) is 0 Å². The molecule has 0 aromatic carbocycles. The Morgan fingerprint density at radius 3 is 2.64 bits per heavy atom. The van der Waals surface area contributed by atoms with Crippen LogP contribution in [0, 0.1) is 0 Å². The van der Waals surface area contributed by atoms with E-state index in [2.05, 4.69) is 0 Å². The van der Waals surface area contributed by atoms with E-state index < -0.39 is 12.0 Å². The van der Waals surface area contributed by atoms with Crippen LogP contribution in [0.3, 0.4) is 0 Å². The molecule has 1 atom stereocenters. The highest BCUT2D eigenvalue weighted by Gasteiger charge is 2.09. The van der Waals surface area contributed by atoms with Crippen molar-refractivity contribution in [3.05, 3.63) is 0 Å². The van der Waals surface area contributed by atoms with Gasteiger partial charge in [-0.3, -0.25) is 4.79 Å². The van der Waals surface area contributed by atoms with Crippen molar-refractivity contribution in [1.82, 2.24) is 0 Å². The second-order valence-corrected chi connectivity index (χ2v) is 3.29. The molecule has 0 saturated carbocycles. The largest absolute Gasteiger partial charge is 0.480 e. The molecule has 0 aliphatic heterocycles. The molecule has 0 amide bonds. The number of rotatable bonds is 6. The summed E-state index contributed by atoms with van der Waals surface area (Å²) in [7, 11) is 0. The Labute approximate surface area is 69.8 Å². The van der Waals surface area contributed by atoms with E-state index in [0.29, 0.717) is 17.9 Å². The molecule has 0 bridgehead atoms. The third-order valence-corrected chi connectivity index (χ3v) is 2.12. The quantitative estimate of drug-likeness (QED) is 0.479. The van der Waals surface area contributed by atoms with Crippen molar-refractivity contribution in [3.63, 3.8) is 0 Å². The average Bonchev–Trinajstić information content (AvgIpc) is 1.97. The number of carboxylic acids is 1. The maximum Gasteiger partial charge on any atom is 0.320 e. The van der Waals surface area contributed by atoms with Gasteiger partial charge in [-0.05, 0) is 12.2 Å². The van der Waals surface area contributed by atoms with Gasteiger partial charge in [-0.25, -0.2) is 0 Å². The smallest absolute Gasteiger partial charge is 0.320 e. The van der Waals surface area contributed by atoms with Crippen LogP contribution in [0.25, 0.3) is 0 Å². The molecule has 0 unspecified atom stereocenters. The van der Waals surface area contributed by atoms with Crippen LogP contribution in [-0.2, 0) is 4.79 Å². The summed E-state index contributed by atoms with van der Waals surface area (Å²) in [5.74, 6) is 0.370. The summed E-state index contributed by atoms with van der Waals surface area (Å²) in [6.07, 6.45) is 0.458. The standard InChI is InChI=1S/C6H13NO3S/c7-5(6(9)10)1-3-11-4-2-8/h5,8H,1-4,7H2,(H,9,10)/t5-/m0/s1. The zero-order valence-corrected chi connectivity index (χ0v) is 7.01. The first-order chi connectivity index (χ1) is 5.18. The third-order valence-electron chi connectivity index (χ3n) is 1.13. The van der Waals surface area contributed by atoms with Gasteiger partial charge in [0.05, 0.1) is 6.61 Å². The summed E-state index contributed by atoms with van der Waals surface area (Å²) in [6.45, 7) is 0.132. The molecule has 4 N–H and O–H groups in total. The molecule has 4 nitrogen and oxygen atoms in total. The predicted octanol–water partition coefficient (Wildman–Crippen LogP) is -0.486. The van der Waals surface area contributed by atoms with Gasteiger partial charge in [0, 0.05) is 5.75 Å². The number of carbonyl (C=O) groups is 1. The van der Waals surface area contributed by atoms with E-state index in [1.165, 1.54) is 11.8 Å². The van der Waals surface area contributed by atoms with Gasteiger partial charge in [0.15, 0.2) is 0 Å². The zero-order valence-electron chi connectivity index (χ0n) is 6.19. The molecule has 0 saturated heterocycles. The van der Waals surface area contributed by atoms with Gasteiger partial charge in [-0.2, -0.15) is 11.8 Å². The molecule has 0 fully saturated rings. The van der Waals surface area contributed by atoms with Crippen molar-refractivity contribution < 1.29 is 15.0 Å². The Hall–Kier alpha value is -0.260. The highest BCUT2D eigenvalue weighted by atomic mass is 32.2. The minimum absolute atomic E-state index is 0.132. The highest BCUT2D eigenvalue weighted by Crippen LogP contribution is 2.02. The monoisotopic (exact) mass is 179 g/mol. The van der Waals surface area contributed by atoms with Gasteiger partial charge < -0.3 is 15.9 Å². The minimum Gasteiger partial charge on any atom is -0.480 e. The van der Waals surface area contributed by atoms with E-state index in [4.69, 9.17) is 15.9 Å². The van der Waals surface area contributed by atoms with Crippen LogP contribution in [0.15, 0.2) is 0 Å². The number of hydrogen-bond acceptors (Lipinski definition) is 4. The number of nitrogens with two attached hydrogens (primary N) is 1. The lowest BCUT2D eigenvalue weighted by atomic mass is 10.2. The van der Waals surface area contributed by atoms with Crippen LogP contribution >= 0.6 is 11.8 Å². The van der Waals surface area contributed by atoms with Crippen molar-refractivity contribution in [2.24, 2.45) is 5.73 Å². The number of aliphatic hydroxyl groups is 1. The van der Waals surface area contributed by atoms with Crippen LogP contribution in [0.4, 0.5) is 0 Å². The summed E-state index contributed by atoms with van der Waals surface area (Å²) >= 11 is 1.51. The first-order valence-corrected chi connectivity index (χ1v) is 4.51. The Bertz CT molecular complexity index is 120. The molecule has 0 rings (SSSR count). The van der Waals surface area contributed by atoms with Gasteiger partial charge in [0.1, 0.15) is 6.04 Å². The number of carboxylic acid groups (broad SMARTS) is 1. The van der Waals surface area contributed by atoms with Crippen molar-refractivity contribution >= 4 is 17.7 Å². The molecule has 0 aliphatic carbocycles. The fraction of sp³-hybridized carbons (Fsp3) is 0.833. The van der Waals surface area contributed by atoms with Crippen molar-refractivity contribution in [1.29, 1.82) is 0 Å². The molecule has 0 heterocycles. The SMILES string of the molecule is N[C@@H](CCSCCO)C(=O)O. The Kier molecular flexibility index (Phi) is 6.30. The molecule has 0 spiro atoms. The zero-order chi connectivity index (χ0) is 8.69. The Balaban J connectivity index is 3.17. The molecule has 66 valence electrons. The highest BCUT2D eigenvalue weighted by molar-refractivity contribution is 7.99. The van der Waals surface area contributed by atoms with Gasteiger partial charge in [0.2, 0.25) is 0 Å². The lowest BCUT2D eigenvalue weighted by Crippen LogP contribution is -2.30. The number of hydrogen-bond donors (Lipinski definition) is 3. The van der Waals surface area contributed by atoms with Gasteiger partial charge in [-0.15, -0.1) is 0 Å². The van der Waals surface area contributed by atoms with E-state index in [1.54, 1.807) is 0 Å². The lowest BCUT2D eigenvalue weighted by molar-refractivity contribution is -0.138. The van der Waals surface area contributed by atoms with E-state index in [9.17, 15) is 4.79 Å². The van der Waals surface area contributed by atoms with Crippen LogP contribution in [0.5, 0.6) is 0 Å². The van der Waals surface area contributed by atoms with Gasteiger partial charge >= 0.3 is 5.97 Å². The first kappa shape index (κ1) is 10.7. The van der Waals surface area contributed by atoms with E-state index in [1.807, 2.05) is 0 Å². The fourth-order valence-corrected chi connectivity index (χ4v) is 1.25. The maximum atomic E-state index is 10.2. The van der Waals surface area contributed by atoms with Gasteiger partial charge in [0.25, 0.3) is 0 Å². The summed E-state index contributed by atoms with van der Waals surface area (Å²) < 4.78 is 0. The number of aliphatic carboxylic acids is 1. The van der Waals surface area contributed by atoms with E-state index in [-0.39, 0.29) is 6.61 Å². The van der Waals surface area contributed by atoms with Gasteiger partial charge in [-0.1, -0.05) is 0 Å². The molecular weight excluding hydrogens is 166 g/mol. The summed E-state index contributed by atoms with van der Waals surface area (Å²) in [6, 6.07) is -0.763. The molecule has 0 aromatic heterocycles. The summed E-state index contributed by atoms with van der Waals surface area (Å²) in [5, 5.41) is 16.7. The summed E-state index contributed by atoms with van der Waals surface area (Å²) in [5.41, 5.74) is 5.22. The molecule has 0 aromatic rings. The lowest BCUT2D eigenvalue weighted by Gasteiger charge is -2.04. The fourth-order valence-electron chi connectivity index (χ4n) is 0.500.